The number of para-hydroxylation sites is 1. The minimum absolute atomic E-state index is 0.313. The second-order valence-electron chi connectivity index (χ2n) is 9.15. The van der Waals surface area contributed by atoms with Gasteiger partial charge in [0.2, 0.25) is 0 Å². The molecule has 0 bridgehead atoms. The molecule has 1 atom stereocenters. The molecule has 0 saturated carbocycles. The number of anilines is 3. The summed E-state index contributed by atoms with van der Waals surface area (Å²) in [7, 11) is 0. The van der Waals surface area contributed by atoms with Crippen molar-refractivity contribution in [2.45, 2.75) is 5.92 Å². The van der Waals surface area contributed by atoms with Crippen LogP contribution in [0, 0.1) is 0 Å². The van der Waals surface area contributed by atoms with E-state index in [0.29, 0.717) is 5.92 Å². The van der Waals surface area contributed by atoms with E-state index in [-0.39, 0.29) is 0 Å². The average molecular weight is 545 g/mol. The molecule has 6 aromatic rings. The minimum Gasteiger partial charge on any atom is -0.310 e. The largest absolute Gasteiger partial charge is 0.310 e. The molecular weight excluding hydrogens is 522 g/mol. The second kappa shape index (κ2) is 8.77. The maximum Gasteiger partial charge on any atom is 0.0468 e. The molecule has 36 heavy (non-hydrogen) atoms. The van der Waals surface area contributed by atoms with Crippen LogP contribution in [-0.2, 0) is 0 Å². The van der Waals surface area contributed by atoms with E-state index in [4.69, 9.17) is 0 Å². The Kier molecular flexibility index (Phi) is 5.27. The third-order valence-corrected chi connectivity index (χ3v) is 8.61. The number of thiophene rings is 1. The molecule has 0 radical (unpaired) electrons. The number of benzene rings is 5. The average Bonchev–Trinajstić information content (AvgIpc) is 3.50. The first kappa shape index (κ1) is 21.6. The van der Waals surface area contributed by atoms with Gasteiger partial charge < -0.3 is 4.90 Å². The van der Waals surface area contributed by atoms with E-state index in [2.05, 4.69) is 148 Å². The van der Waals surface area contributed by atoms with E-state index in [1.807, 2.05) is 11.3 Å². The fourth-order valence-electron chi connectivity index (χ4n) is 5.29. The van der Waals surface area contributed by atoms with Crippen molar-refractivity contribution in [2.24, 2.45) is 0 Å². The number of allylic oxidation sites excluding steroid dienone is 1. The molecule has 172 valence electrons. The van der Waals surface area contributed by atoms with E-state index < -0.39 is 0 Å². The van der Waals surface area contributed by atoms with Crippen molar-refractivity contribution < 1.29 is 0 Å². The summed E-state index contributed by atoms with van der Waals surface area (Å²) < 4.78 is 3.73. The van der Waals surface area contributed by atoms with Crippen molar-refractivity contribution in [3.63, 3.8) is 0 Å². The normalized spacial score (nSPS) is 14.4. The SMILES string of the molecule is Brc1ccc2c(c1)sc1ccc(N(c3ccccc3)c3ccc4c(c3)C=CC4c3ccccc3)cc12. The summed E-state index contributed by atoms with van der Waals surface area (Å²) >= 11 is 5.47. The first-order valence-electron chi connectivity index (χ1n) is 12.1. The zero-order chi connectivity index (χ0) is 24.1. The first-order chi connectivity index (χ1) is 17.7. The van der Waals surface area contributed by atoms with Gasteiger partial charge in [-0.1, -0.05) is 88.7 Å². The Morgan fingerprint density at radius 1 is 0.611 bits per heavy atom. The number of hydrogen-bond acceptors (Lipinski definition) is 2. The van der Waals surface area contributed by atoms with Crippen molar-refractivity contribution in [1.29, 1.82) is 0 Å². The van der Waals surface area contributed by atoms with Crippen LogP contribution in [-0.4, -0.2) is 0 Å². The second-order valence-corrected chi connectivity index (χ2v) is 11.2. The monoisotopic (exact) mass is 543 g/mol. The lowest BCUT2D eigenvalue weighted by molar-refractivity contribution is 1.05. The highest BCUT2D eigenvalue weighted by atomic mass is 79.9. The summed E-state index contributed by atoms with van der Waals surface area (Å²) in [5.41, 5.74) is 7.47. The molecule has 5 aromatic carbocycles. The molecule has 1 aliphatic rings. The molecule has 0 fully saturated rings. The third-order valence-electron chi connectivity index (χ3n) is 6.98. The summed E-state index contributed by atoms with van der Waals surface area (Å²) in [4.78, 5) is 2.37. The summed E-state index contributed by atoms with van der Waals surface area (Å²) in [6.07, 6.45) is 4.59. The molecule has 1 unspecified atom stereocenters. The van der Waals surface area contributed by atoms with Gasteiger partial charge in [0, 0.05) is 47.6 Å². The number of nitrogens with zero attached hydrogens (tertiary/aromatic N) is 1. The molecule has 0 aliphatic heterocycles. The first-order valence-corrected chi connectivity index (χ1v) is 13.7. The Morgan fingerprint density at radius 3 is 2.19 bits per heavy atom. The molecule has 1 heterocycles. The lowest BCUT2D eigenvalue weighted by Gasteiger charge is -2.26. The summed E-state index contributed by atoms with van der Waals surface area (Å²) in [5, 5.41) is 2.60. The number of rotatable bonds is 4. The van der Waals surface area contributed by atoms with Crippen LogP contribution < -0.4 is 4.90 Å². The summed E-state index contributed by atoms with van der Waals surface area (Å²) in [6.45, 7) is 0. The van der Waals surface area contributed by atoms with E-state index >= 15 is 0 Å². The molecular formula is C33H22BrNS. The summed E-state index contributed by atoms with van der Waals surface area (Å²) in [5.74, 6) is 0.313. The topological polar surface area (TPSA) is 3.24 Å². The molecule has 7 rings (SSSR count). The lowest BCUT2D eigenvalue weighted by atomic mass is 9.93. The Balaban J connectivity index is 1.36. The van der Waals surface area contributed by atoms with Crippen LogP contribution in [0.1, 0.15) is 22.6 Å². The van der Waals surface area contributed by atoms with E-state index in [9.17, 15) is 0 Å². The van der Waals surface area contributed by atoms with Gasteiger partial charge in [-0.3, -0.25) is 0 Å². The van der Waals surface area contributed by atoms with Gasteiger partial charge in [0.25, 0.3) is 0 Å². The van der Waals surface area contributed by atoms with Gasteiger partial charge in [-0.05, 0) is 71.3 Å². The quantitative estimate of drug-likeness (QED) is 0.213. The minimum atomic E-state index is 0.313. The molecule has 3 heteroatoms. The third kappa shape index (κ3) is 3.67. The van der Waals surface area contributed by atoms with E-state index in [1.54, 1.807) is 0 Å². The smallest absolute Gasteiger partial charge is 0.0468 e. The van der Waals surface area contributed by atoms with Crippen LogP contribution in [0.3, 0.4) is 0 Å². The fraction of sp³-hybridized carbons (Fsp3) is 0.0303. The van der Waals surface area contributed by atoms with Crippen molar-refractivity contribution in [2.75, 3.05) is 4.90 Å². The van der Waals surface area contributed by atoms with Gasteiger partial charge >= 0.3 is 0 Å². The molecule has 1 aliphatic carbocycles. The van der Waals surface area contributed by atoms with Crippen molar-refractivity contribution in [1.82, 2.24) is 0 Å². The van der Waals surface area contributed by atoms with Crippen LogP contribution in [0.2, 0.25) is 0 Å². The molecule has 0 spiro atoms. The van der Waals surface area contributed by atoms with Gasteiger partial charge in [0.1, 0.15) is 0 Å². The van der Waals surface area contributed by atoms with Crippen LogP contribution >= 0.6 is 27.3 Å². The zero-order valence-corrected chi connectivity index (χ0v) is 21.8. The van der Waals surface area contributed by atoms with Gasteiger partial charge in [0.05, 0.1) is 0 Å². The number of halogens is 1. The molecule has 0 N–H and O–H groups in total. The predicted molar refractivity (Wildman–Crippen MR) is 159 cm³/mol. The predicted octanol–water partition coefficient (Wildman–Crippen LogP) is 10.4. The van der Waals surface area contributed by atoms with E-state index in [1.165, 1.54) is 42.6 Å². The van der Waals surface area contributed by atoms with Crippen molar-refractivity contribution in [3.05, 3.63) is 143 Å². The van der Waals surface area contributed by atoms with Gasteiger partial charge in [-0.15, -0.1) is 11.3 Å². The highest BCUT2D eigenvalue weighted by Gasteiger charge is 2.21. The van der Waals surface area contributed by atoms with E-state index in [0.717, 1.165) is 15.8 Å². The molecule has 0 amide bonds. The maximum atomic E-state index is 3.62. The fourth-order valence-corrected chi connectivity index (χ4v) is 6.92. The molecule has 0 saturated heterocycles. The Bertz CT molecular complexity index is 1750. The van der Waals surface area contributed by atoms with Crippen LogP contribution in [0.5, 0.6) is 0 Å². The number of hydrogen-bond donors (Lipinski definition) is 0. The van der Waals surface area contributed by atoms with Crippen molar-refractivity contribution >= 4 is 70.6 Å². The summed E-state index contributed by atoms with van der Waals surface area (Å²) in [6, 6.07) is 41.7. The Morgan fingerprint density at radius 2 is 1.36 bits per heavy atom. The van der Waals surface area contributed by atoms with Gasteiger partial charge in [0.15, 0.2) is 0 Å². The zero-order valence-electron chi connectivity index (χ0n) is 19.4. The van der Waals surface area contributed by atoms with Crippen LogP contribution in [0.15, 0.2) is 126 Å². The highest BCUT2D eigenvalue weighted by Crippen LogP contribution is 2.43. The Labute approximate surface area is 223 Å². The van der Waals surface area contributed by atoms with Gasteiger partial charge in [-0.2, -0.15) is 0 Å². The molecule has 1 aromatic heterocycles. The van der Waals surface area contributed by atoms with Crippen LogP contribution in [0.4, 0.5) is 17.1 Å². The number of fused-ring (bicyclic) bond motifs is 4. The Hall–Kier alpha value is -3.66. The lowest BCUT2D eigenvalue weighted by Crippen LogP contribution is -2.10. The highest BCUT2D eigenvalue weighted by molar-refractivity contribution is 9.10. The van der Waals surface area contributed by atoms with Crippen molar-refractivity contribution in [3.8, 4) is 0 Å². The van der Waals surface area contributed by atoms with Gasteiger partial charge in [-0.25, -0.2) is 0 Å². The van der Waals surface area contributed by atoms with Crippen LogP contribution in [0.25, 0.3) is 26.2 Å². The maximum absolute atomic E-state index is 3.62. The molecule has 1 nitrogen and oxygen atoms in total. The standard InChI is InChI=1S/C33H22BrNS/c34-24-12-16-30-31-21-27(14-18-32(31)36-33(30)20-24)35(25-9-5-2-6-10-25)26-13-17-29-23(19-26)11-15-28(29)22-7-3-1-4-8-22/h1-21,28H.